The van der Waals surface area contributed by atoms with Gasteiger partial charge in [0, 0.05) is 38.4 Å². The second-order valence-electron chi connectivity index (χ2n) is 16.4. The van der Waals surface area contributed by atoms with Crippen LogP contribution in [-0.4, -0.2) is 24.1 Å². The molecule has 5 heteroatoms. The van der Waals surface area contributed by atoms with Crippen molar-refractivity contribution < 1.29 is 0 Å². The molecule has 63 heavy (non-hydrogen) atoms. The molecule has 0 radical (unpaired) electrons. The summed E-state index contributed by atoms with van der Waals surface area (Å²) in [6.45, 7) is 0. The first kappa shape index (κ1) is 35.4. The van der Waals surface area contributed by atoms with Gasteiger partial charge in [-0.3, -0.25) is 4.57 Å². The number of aromatic nitrogens is 5. The lowest BCUT2D eigenvalue weighted by Gasteiger charge is -2.34. The maximum atomic E-state index is 5.43. The summed E-state index contributed by atoms with van der Waals surface area (Å²) in [5, 5.41) is 4.71. The molecule has 0 N–H and O–H groups in total. The summed E-state index contributed by atoms with van der Waals surface area (Å²) in [5.74, 6) is 1.77. The van der Waals surface area contributed by atoms with Gasteiger partial charge in [0.2, 0.25) is 5.95 Å². The van der Waals surface area contributed by atoms with Crippen LogP contribution in [0.15, 0.2) is 224 Å². The molecule has 1 aliphatic carbocycles. The van der Waals surface area contributed by atoms with Crippen LogP contribution in [0.25, 0.3) is 89.2 Å². The highest BCUT2D eigenvalue weighted by Gasteiger charge is 2.46. The van der Waals surface area contributed by atoms with Crippen molar-refractivity contribution in [3.8, 4) is 45.5 Å². The van der Waals surface area contributed by atoms with Crippen molar-refractivity contribution in [3.05, 3.63) is 247 Å². The van der Waals surface area contributed by atoms with Crippen molar-refractivity contribution in [2.75, 3.05) is 0 Å². The van der Waals surface area contributed by atoms with Gasteiger partial charge in [0.1, 0.15) is 0 Å². The number of para-hydroxylation sites is 3. The van der Waals surface area contributed by atoms with Crippen LogP contribution in [0.3, 0.4) is 0 Å². The van der Waals surface area contributed by atoms with Gasteiger partial charge in [0.05, 0.1) is 27.5 Å². The molecule has 0 aliphatic heterocycles. The van der Waals surface area contributed by atoms with Gasteiger partial charge in [0.15, 0.2) is 11.6 Å². The molecule has 0 atom stereocenters. The number of nitrogens with zero attached hydrogens (tertiary/aromatic N) is 5. The van der Waals surface area contributed by atoms with Crippen molar-refractivity contribution in [1.29, 1.82) is 0 Å². The molecule has 0 unspecified atom stereocenters. The Kier molecular flexibility index (Phi) is 7.75. The number of fused-ring (bicyclic) bond motifs is 9. The Morgan fingerprint density at radius 2 is 0.810 bits per heavy atom. The van der Waals surface area contributed by atoms with Crippen LogP contribution in [0.5, 0.6) is 0 Å². The van der Waals surface area contributed by atoms with Crippen LogP contribution >= 0.6 is 0 Å². The smallest absolute Gasteiger partial charge is 0.238 e. The van der Waals surface area contributed by atoms with Gasteiger partial charge < -0.3 is 4.57 Å². The van der Waals surface area contributed by atoms with E-state index in [1.807, 2.05) is 18.2 Å². The first-order valence-electron chi connectivity index (χ1n) is 21.5. The number of hydrogen-bond acceptors (Lipinski definition) is 3. The third kappa shape index (κ3) is 5.20. The van der Waals surface area contributed by atoms with Gasteiger partial charge in [-0.1, -0.05) is 188 Å². The Labute approximate surface area is 363 Å². The zero-order valence-corrected chi connectivity index (χ0v) is 34.1. The Bertz CT molecular complexity index is 3650. The summed E-state index contributed by atoms with van der Waals surface area (Å²) >= 11 is 0. The average molecular weight is 804 g/mol. The van der Waals surface area contributed by atoms with Gasteiger partial charge in [-0.2, -0.15) is 9.97 Å². The molecule has 3 heterocycles. The molecule has 12 aromatic rings. The largest absolute Gasteiger partial charge is 0.309 e. The second kappa shape index (κ2) is 13.8. The van der Waals surface area contributed by atoms with Gasteiger partial charge in [0.25, 0.3) is 0 Å². The Morgan fingerprint density at radius 1 is 0.317 bits per heavy atom. The lowest BCUT2D eigenvalue weighted by atomic mass is 9.67. The molecule has 0 amide bonds. The predicted molar refractivity (Wildman–Crippen MR) is 257 cm³/mol. The maximum absolute atomic E-state index is 5.43. The second-order valence-corrected chi connectivity index (χ2v) is 16.4. The zero-order chi connectivity index (χ0) is 41.5. The normalized spacial score (nSPS) is 12.9. The highest BCUT2D eigenvalue weighted by atomic mass is 15.2. The van der Waals surface area contributed by atoms with Crippen LogP contribution in [0.1, 0.15) is 22.3 Å². The van der Waals surface area contributed by atoms with E-state index in [-0.39, 0.29) is 0 Å². The minimum atomic E-state index is -0.559. The Balaban J connectivity index is 1.07. The first-order chi connectivity index (χ1) is 31.3. The minimum absolute atomic E-state index is 0.559. The molecule has 1 aliphatic rings. The zero-order valence-electron chi connectivity index (χ0n) is 34.1. The summed E-state index contributed by atoms with van der Waals surface area (Å²) in [6.07, 6.45) is 0. The molecule has 0 fully saturated rings. The highest BCUT2D eigenvalue weighted by molar-refractivity contribution is 6.10. The van der Waals surface area contributed by atoms with E-state index in [2.05, 4.69) is 215 Å². The van der Waals surface area contributed by atoms with E-state index in [1.165, 1.54) is 44.2 Å². The number of benzene rings is 9. The van der Waals surface area contributed by atoms with E-state index in [0.29, 0.717) is 17.6 Å². The number of hydrogen-bond donors (Lipinski definition) is 0. The molecule has 0 spiro atoms. The van der Waals surface area contributed by atoms with E-state index in [0.717, 1.165) is 49.7 Å². The Morgan fingerprint density at radius 3 is 1.44 bits per heavy atom. The van der Waals surface area contributed by atoms with E-state index in [4.69, 9.17) is 15.0 Å². The van der Waals surface area contributed by atoms with Crippen molar-refractivity contribution in [2.45, 2.75) is 5.41 Å². The van der Waals surface area contributed by atoms with Crippen LogP contribution in [0.2, 0.25) is 0 Å². The molecular formula is C58H37N5. The van der Waals surface area contributed by atoms with Crippen molar-refractivity contribution in [1.82, 2.24) is 24.1 Å². The van der Waals surface area contributed by atoms with Crippen LogP contribution in [-0.2, 0) is 5.41 Å². The van der Waals surface area contributed by atoms with Gasteiger partial charge in [-0.05, 0) is 69.8 Å². The summed E-state index contributed by atoms with van der Waals surface area (Å²) in [5.41, 5.74) is 14.1. The fourth-order valence-electron chi connectivity index (χ4n) is 10.4. The third-order valence-corrected chi connectivity index (χ3v) is 13.1. The minimum Gasteiger partial charge on any atom is -0.309 e. The molecule has 0 saturated carbocycles. The number of rotatable bonds is 6. The van der Waals surface area contributed by atoms with E-state index in [9.17, 15) is 0 Å². The van der Waals surface area contributed by atoms with E-state index >= 15 is 0 Å². The fourth-order valence-corrected chi connectivity index (χ4v) is 10.4. The predicted octanol–water partition coefficient (Wildman–Crippen LogP) is 13.8. The Hall–Kier alpha value is -8.41. The van der Waals surface area contributed by atoms with Crippen LogP contribution in [0, 0.1) is 0 Å². The fraction of sp³-hybridized carbons (Fsp3) is 0.0172. The topological polar surface area (TPSA) is 48.5 Å². The lowest BCUT2D eigenvalue weighted by Crippen LogP contribution is -2.28. The maximum Gasteiger partial charge on any atom is 0.238 e. The van der Waals surface area contributed by atoms with Gasteiger partial charge in [-0.25, -0.2) is 4.98 Å². The quantitative estimate of drug-likeness (QED) is 0.168. The lowest BCUT2D eigenvalue weighted by molar-refractivity contribution is 0.769. The van der Waals surface area contributed by atoms with Gasteiger partial charge in [-0.15, -0.1) is 0 Å². The summed E-state index contributed by atoms with van der Waals surface area (Å²) in [6, 6.07) is 80.4. The molecule has 0 bridgehead atoms. The molecule has 3 aromatic heterocycles. The average Bonchev–Trinajstić information content (AvgIpc) is 3.99. The molecule has 13 rings (SSSR count). The third-order valence-electron chi connectivity index (χ3n) is 13.1. The molecule has 9 aromatic carbocycles. The van der Waals surface area contributed by atoms with E-state index < -0.39 is 5.41 Å². The van der Waals surface area contributed by atoms with Crippen molar-refractivity contribution >= 4 is 43.6 Å². The van der Waals surface area contributed by atoms with Crippen molar-refractivity contribution in [2.24, 2.45) is 0 Å². The molecule has 294 valence electrons. The molecular weight excluding hydrogens is 767 g/mol. The molecule has 5 nitrogen and oxygen atoms in total. The van der Waals surface area contributed by atoms with Gasteiger partial charge >= 0.3 is 0 Å². The first-order valence-corrected chi connectivity index (χ1v) is 21.5. The van der Waals surface area contributed by atoms with Crippen molar-refractivity contribution in [3.63, 3.8) is 0 Å². The standard InChI is InChI=1S/C58H37N5/c1-3-18-38(19-4-1)55-59-56(39-20-17-23-42(36-39)62-51-31-14-9-26-45(51)46-27-10-15-32-52(46)62)61-57(60-55)63-53-33-16-11-28-47(53)48-35-34-41(37-54(48)63)58(40-21-5-2-6-22-40)49-29-12-7-24-43(49)44-25-8-13-30-50(44)58/h1-37H. The highest BCUT2D eigenvalue weighted by Crippen LogP contribution is 2.56. The summed E-state index contributed by atoms with van der Waals surface area (Å²) in [7, 11) is 0. The monoisotopic (exact) mass is 803 g/mol. The SMILES string of the molecule is c1ccc(-c2nc(-c3cccc(-n4c5ccccc5c5ccccc54)c3)nc(-n3c4ccccc4c4ccc(C5(c6ccccc6)c6ccccc6-c6ccccc65)cc43)n2)cc1. The van der Waals surface area contributed by atoms with Crippen LogP contribution < -0.4 is 0 Å². The molecule has 0 saturated heterocycles. The van der Waals surface area contributed by atoms with Crippen LogP contribution in [0.4, 0.5) is 0 Å². The van der Waals surface area contributed by atoms with E-state index in [1.54, 1.807) is 0 Å². The summed E-state index contributed by atoms with van der Waals surface area (Å²) in [4.78, 5) is 16.0. The summed E-state index contributed by atoms with van der Waals surface area (Å²) < 4.78 is 4.58.